The van der Waals surface area contributed by atoms with Gasteiger partial charge in [0.15, 0.2) is 0 Å². The van der Waals surface area contributed by atoms with E-state index >= 15 is 0 Å². The Morgan fingerprint density at radius 1 is 1.38 bits per heavy atom. The van der Waals surface area contributed by atoms with Gasteiger partial charge in [0, 0.05) is 35.8 Å². The highest BCUT2D eigenvalue weighted by atomic mass is 35.5. The minimum atomic E-state index is 0. The number of amides is 1. The Bertz CT molecular complexity index is 687. The molecule has 2 aromatic rings. The minimum Gasteiger partial charge on any atom is -0.444 e. The fourth-order valence-corrected chi connectivity index (χ4v) is 2.90. The summed E-state index contributed by atoms with van der Waals surface area (Å²) in [5, 5.41) is 4.04. The molecule has 130 valence electrons. The van der Waals surface area contributed by atoms with Crippen molar-refractivity contribution >= 4 is 29.9 Å². The van der Waals surface area contributed by atoms with Gasteiger partial charge in [0.25, 0.3) is 0 Å². The van der Waals surface area contributed by atoms with Crippen LogP contribution < -0.4 is 5.32 Å². The predicted octanol–water partition coefficient (Wildman–Crippen LogP) is 3.17. The molecule has 1 aromatic carbocycles. The number of carbonyl (C=O) groups excluding carboxylic acids is 1. The van der Waals surface area contributed by atoms with Crippen molar-refractivity contribution in [2.24, 2.45) is 0 Å². The van der Waals surface area contributed by atoms with E-state index in [0.29, 0.717) is 22.6 Å². The van der Waals surface area contributed by atoms with Crippen LogP contribution in [0.2, 0.25) is 5.02 Å². The average Bonchev–Trinajstić information content (AvgIpc) is 2.99. The Morgan fingerprint density at radius 3 is 2.79 bits per heavy atom. The summed E-state index contributed by atoms with van der Waals surface area (Å²) < 4.78 is 5.49. The quantitative estimate of drug-likeness (QED) is 0.902. The summed E-state index contributed by atoms with van der Waals surface area (Å²) >= 11 is 5.88. The number of benzene rings is 1. The third-order valence-corrected chi connectivity index (χ3v) is 4.58. The fourth-order valence-electron chi connectivity index (χ4n) is 2.78. The van der Waals surface area contributed by atoms with Crippen molar-refractivity contribution in [2.45, 2.75) is 32.4 Å². The smallest absolute Gasteiger partial charge is 0.229 e. The predicted molar refractivity (Wildman–Crippen MR) is 96.5 cm³/mol. The van der Waals surface area contributed by atoms with Gasteiger partial charge < -0.3 is 14.6 Å². The van der Waals surface area contributed by atoms with Crippen LogP contribution in [0, 0.1) is 0 Å². The van der Waals surface area contributed by atoms with Crippen molar-refractivity contribution in [2.75, 3.05) is 13.1 Å². The second-order valence-corrected chi connectivity index (χ2v) is 6.33. The summed E-state index contributed by atoms with van der Waals surface area (Å²) in [6.45, 7) is 5.72. The number of oxazole rings is 1. The second kappa shape index (κ2) is 8.01. The van der Waals surface area contributed by atoms with E-state index in [4.69, 9.17) is 16.0 Å². The first-order valence-electron chi connectivity index (χ1n) is 7.78. The molecule has 7 heteroatoms. The average molecular weight is 370 g/mol. The van der Waals surface area contributed by atoms with Gasteiger partial charge in [-0.2, -0.15) is 0 Å². The van der Waals surface area contributed by atoms with Crippen molar-refractivity contribution in [3.05, 3.63) is 41.2 Å². The molecule has 0 saturated carbocycles. The maximum Gasteiger partial charge on any atom is 0.229 e. The zero-order valence-corrected chi connectivity index (χ0v) is 15.2. The molecule has 1 aromatic heterocycles. The lowest BCUT2D eigenvalue weighted by atomic mass is 10.1. The van der Waals surface area contributed by atoms with Crippen LogP contribution in [0.5, 0.6) is 0 Å². The molecule has 5 nitrogen and oxygen atoms in total. The maximum atomic E-state index is 12.5. The molecule has 1 aliphatic rings. The normalized spacial score (nSPS) is 20.5. The van der Waals surface area contributed by atoms with Crippen molar-refractivity contribution in [1.29, 1.82) is 0 Å². The number of nitrogens with zero attached hydrogens (tertiary/aromatic N) is 2. The van der Waals surface area contributed by atoms with E-state index < -0.39 is 0 Å². The van der Waals surface area contributed by atoms with E-state index in [1.807, 2.05) is 17.0 Å². The molecule has 2 unspecified atom stereocenters. The molecule has 0 spiro atoms. The maximum absolute atomic E-state index is 12.5. The molecule has 24 heavy (non-hydrogen) atoms. The van der Waals surface area contributed by atoms with Crippen molar-refractivity contribution in [3.8, 4) is 11.5 Å². The summed E-state index contributed by atoms with van der Waals surface area (Å²) in [6.07, 6.45) is 1.81. The lowest BCUT2D eigenvalue weighted by Gasteiger charge is -2.38. The zero-order chi connectivity index (χ0) is 16.4. The van der Waals surface area contributed by atoms with Crippen LogP contribution in [0.15, 0.2) is 34.9 Å². The van der Waals surface area contributed by atoms with Gasteiger partial charge in [-0.3, -0.25) is 4.79 Å². The van der Waals surface area contributed by atoms with Crippen LogP contribution in [-0.4, -0.2) is 41.0 Å². The van der Waals surface area contributed by atoms with Gasteiger partial charge in [0.05, 0.1) is 12.1 Å². The minimum absolute atomic E-state index is 0. The molecule has 1 N–H and O–H groups in total. The Hall–Kier alpha value is -1.56. The van der Waals surface area contributed by atoms with E-state index in [-0.39, 0.29) is 30.8 Å². The SMILES string of the molecule is CC1NCCN(C(=O)Cc2coc(-c3ccc(Cl)cc3)n2)C1C.Cl. The number of halogens is 2. The van der Waals surface area contributed by atoms with E-state index in [0.717, 1.165) is 18.7 Å². The van der Waals surface area contributed by atoms with Crippen LogP contribution in [0.3, 0.4) is 0 Å². The van der Waals surface area contributed by atoms with Crippen LogP contribution >= 0.6 is 24.0 Å². The lowest BCUT2D eigenvalue weighted by Crippen LogP contribution is -2.57. The van der Waals surface area contributed by atoms with Crippen molar-refractivity contribution < 1.29 is 9.21 Å². The largest absolute Gasteiger partial charge is 0.444 e. The monoisotopic (exact) mass is 369 g/mol. The van der Waals surface area contributed by atoms with Gasteiger partial charge in [-0.15, -0.1) is 12.4 Å². The number of carbonyl (C=O) groups is 1. The number of nitrogens with one attached hydrogen (secondary N) is 1. The Morgan fingerprint density at radius 2 is 2.08 bits per heavy atom. The van der Waals surface area contributed by atoms with Gasteiger partial charge in [-0.05, 0) is 38.1 Å². The highest BCUT2D eigenvalue weighted by Gasteiger charge is 2.28. The molecule has 2 heterocycles. The summed E-state index contributed by atoms with van der Waals surface area (Å²) in [5.41, 5.74) is 1.50. The molecule has 1 aliphatic heterocycles. The second-order valence-electron chi connectivity index (χ2n) is 5.90. The topological polar surface area (TPSA) is 58.4 Å². The summed E-state index contributed by atoms with van der Waals surface area (Å²) in [4.78, 5) is 18.8. The molecule has 0 bridgehead atoms. The van der Waals surface area contributed by atoms with Gasteiger partial charge in [-0.1, -0.05) is 11.6 Å². The number of hydrogen-bond acceptors (Lipinski definition) is 4. The Balaban J connectivity index is 0.00000208. The fraction of sp³-hybridized carbons (Fsp3) is 0.412. The summed E-state index contributed by atoms with van der Waals surface area (Å²) in [7, 11) is 0. The first kappa shape index (κ1) is 18.8. The Kier molecular flexibility index (Phi) is 6.27. The van der Waals surface area contributed by atoms with Crippen LogP contribution in [0.1, 0.15) is 19.5 Å². The number of rotatable bonds is 3. The molecular weight excluding hydrogens is 349 g/mol. The van der Waals surface area contributed by atoms with E-state index in [1.54, 1.807) is 18.4 Å². The van der Waals surface area contributed by atoms with Gasteiger partial charge in [-0.25, -0.2) is 4.98 Å². The third kappa shape index (κ3) is 4.09. The van der Waals surface area contributed by atoms with Crippen LogP contribution in [0.25, 0.3) is 11.5 Å². The van der Waals surface area contributed by atoms with Crippen molar-refractivity contribution in [3.63, 3.8) is 0 Å². The Labute approximate surface area is 152 Å². The van der Waals surface area contributed by atoms with E-state index in [1.165, 1.54) is 0 Å². The third-order valence-electron chi connectivity index (χ3n) is 4.33. The first-order valence-corrected chi connectivity index (χ1v) is 8.15. The van der Waals surface area contributed by atoms with Crippen LogP contribution in [-0.2, 0) is 11.2 Å². The van der Waals surface area contributed by atoms with Gasteiger partial charge in [0.1, 0.15) is 6.26 Å². The van der Waals surface area contributed by atoms with E-state index in [2.05, 4.69) is 24.1 Å². The number of aromatic nitrogens is 1. The summed E-state index contributed by atoms with van der Waals surface area (Å²) in [6, 6.07) is 7.75. The number of piperazine rings is 1. The first-order chi connectivity index (χ1) is 11.0. The van der Waals surface area contributed by atoms with Gasteiger partial charge in [0.2, 0.25) is 11.8 Å². The van der Waals surface area contributed by atoms with Gasteiger partial charge >= 0.3 is 0 Å². The van der Waals surface area contributed by atoms with Crippen LogP contribution in [0.4, 0.5) is 0 Å². The van der Waals surface area contributed by atoms with Crippen molar-refractivity contribution in [1.82, 2.24) is 15.2 Å². The number of hydrogen-bond donors (Lipinski definition) is 1. The molecule has 1 saturated heterocycles. The molecule has 1 amide bonds. The zero-order valence-electron chi connectivity index (χ0n) is 13.7. The molecule has 0 radical (unpaired) electrons. The molecule has 0 aliphatic carbocycles. The highest BCUT2D eigenvalue weighted by Crippen LogP contribution is 2.21. The summed E-state index contributed by atoms with van der Waals surface area (Å²) in [5.74, 6) is 0.591. The molecule has 3 rings (SSSR count). The standard InChI is InChI=1S/C17H20ClN3O2.ClH/c1-11-12(2)21(8-7-19-11)16(22)9-15-10-23-17(20-15)13-3-5-14(18)6-4-13;/h3-6,10-12,19H,7-9H2,1-2H3;1H. The molecule has 2 atom stereocenters. The molecule has 1 fully saturated rings. The highest BCUT2D eigenvalue weighted by molar-refractivity contribution is 6.30. The molecular formula is C17H21Cl2N3O2. The lowest BCUT2D eigenvalue weighted by molar-refractivity contribution is -0.134. The van der Waals surface area contributed by atoms with E-state index in [9.17, 15) is 4.79 Å².